The van der Waals surface area contributed by atoms with Gasteiger partial charge in [-0.2, -0.15) is 18.3 Å². The Morgan fingerprint density at radius 1 is 1.17 bits per heavy atom. The van der Waals surface area contributed by atoms with Crippen LogP contribution in [0, 0.1) is 0 Å². The molecule has 0 aliphatic rings. The zero-order chi connectivity index (χ0) is 22.5. The highest BCUT2D eigenvalue weighted by Gasteiger charge is 2.39. The van der Waals surface area contributed by atoms with Gasteiger partial charge in [-0.05, 0) is 29.8 Å². The maximum Gasteiger partial charge on any atom is 0.435 e. The summed E-state index contributed by atoms with van der Waals surface area (Å²) in [6.07, 6.45) is -0.894. The van der Waals surface area contributed by atoms with Crippen LogP contribution in [0.3, 0.4) is 0 Å². The number of amides is 1. The Bertz CT molecular complexity index is 993. The van der Waals surface area contributed by atoms with Crippen molar-refractivity contribution >= 4 is 27.7 Å². The Morgan fingerprint density at radius 3 is 2.27 bits per heavy atom. The van der Waals surface area contributed by atoms with Crippen LogP contribution in [0.5, 0.6) is 0 Å². The zero-order valence-electron chi connectivity index (χ0n) is 16.4. The summed E-state index contributed by atoms with van der Waals surface area (Å²) in [5.74, 6) is -0.272. The maximum absolute atomic E-state index is 13.6. The molecular formula is C20H19BrF3N3O3. The summed E-state index contributed by atoms with van der Waals surface area (Å²) in [4.78, 5) is 12.4. The van der Waals surface area contributed by atoms with Crippen LogP contribution in [0.25, 0.3) is 11.1 Å². The molecule has 0 unspecified atom stereocenters. The van der Waals surface area contributed by atoms with Crippen molar-refractivity contribution in [3.8, 4) is 11.1 Å². The minimum atomic E-state index is -4.71. The van der Waals surface area contributed by atoms with Crippen LogP contribution in [-0.4, -0.2) is 29.9 Å². The van der Waals surface area contributed by atoms with Gasteiger partial charge in [-0.25, -0.2) is 0 Å². The molecule has 1 amide bonds. The summed E-state index contributed by atoms with van der Waals surface area (Å²) in [5, 5.41) is 6.03. The average molecular weight is 486 g/mol. The predicted molar refractivity (Wildman–Crippen MR) is 110 cm³/mol. The number of halogens is 4. The minimum Gasteiger partial charge on any atom is -0.493 e. The molecule has 1 N–H and O–H groups in total. The molecule has 10 heteroatoms. The second-order valence-corrected chi connectivity index (χ2v) is 6.78. The molecule has 2 rings (SSSR count). The fourth-order valence-corrected chi connectivity index (χ4v) is 2.87. The number of methoxy groups -OCH3 is 2. The first-order valence-electron chi connectivity index (χ1n) is 8.46. The molecule has 6 nitrogen and oxygen atoms in total. The second kappa shape index (κ2) is 9.66. The predicted octanol–water partition coefficient (Wildman–Crippen LogP) is 5.05. The molecule has 0 fully saturated rings. The molecule has 160 valence electrons. The van der Waals surface area contributed by atoms with Gasteiger partial charge < -0.3 is 14.8 Å². The van der Waals surface area contributed by atoms with Crippen molar-refractivity contribution in [1.82, 2.24) is 9.78 Å². The lowest BCUT2D eigenvalue weighted by molar-refractivity contribution is -0.141. The number of nitrogens with zero attached hydrogens (tertiary/aromatic N) is 2. The van der Waals surface area contributed by atoms with Crippen LogP contribution in [0.2, 0.25) is 0 Å². The van der Waals surface area contributed by atoms with Gasteiger partial charge in [-0.3, -0.25) is 9.48 Å². The third kappa shape index (κ3) is 5.32. The number of hydrogen-bond donors (Lipinski definition) is 1. The molecule has 0 atom stereocenters. The number of alkyl halides is 3. The Balaban J connectivity index is 2.47. The van der Waals surface area contributed by atoms with Crippen LogP contribution in [0.4, 0.5) is 19.0 Å². The molecule has 0 radical (unpaired) electrons. The number of nitrogens with one attached hydrogen (secondary N) is 1. The molecule has 0 saturated carbocycles. The number of anilines is 1. The SMILES string of the molecule is C=C/C(OC)=C(\C=C\C(=O)Nc1c(-c2ccc(Br)cc2)c(C(F)(F)F)nn1C)OC. The molecule has 0 saturated heterocycles. The largest absolute Gasteiger partial charge is 0.493 e. The van der Waals surface area contributed by atoms with E-state index in [-0.39, 0.29) is 28.5 Å². The molecule has 2 aromatic rings. The van der Waals surface area contributed by atoms with E-state index in [1.165, 1.54) is 45.6 Å². The summed E-state index contributed by atoms with van der Waals surface area (Å²) in [6, 6.07) is 6.21. The van der Waals surface area contributed by atoms with Gasteiger partial charge in [0, 0.05) is 17.6 Å². The van der Waals surface area contributed by atoms with Gasteiger partial charge in [0.05, 0.1) is 19.8 Å². The van der Waals surface area contributed by atoms with Gasteiger partial charge >= 0.3 is 6.18 Å². The maximum atomic E-state index is 13.6. The van der Waals surface area contributed by atoms with Crippen LogP contribution in [-0.2, 0) is 27.5 Å². The molecule has 1 aromatic heterocycles. The normalized spacial score (nSPS) is 12.5. The average Bonchev–Trinajstić information content (AvgIpc) is 3.02. The topological polar surface area (TPSA) is 65.4 Å². The fourth-order valence-electron chi connectivity index (χ4n) is 2.60. The van der Waals surface area contributed by atoms with E-state index in [1.54, 1.807) is 12.1 Å². The lowest BCUT2D eigenvalue weighted by atomic mass is 10.0. The lowest BCUT2D eigenvalue weighted by Gasteiger charge is -2.10. The number of rotatable bonds is 7. The van der Waals surface area contributed by atoms with Crippen molar-refractivity contribution in [3.63, 3.8) is 0 Å². The number of carbonyl (C=O) groups excluding carboxylic acids is 1. The number of carbonyl (C=O) groups is 1. The highest BCUT2D eigenvalue weighted by Crippen LogP contribution is 2.40. The van der Waals surface area contributed by atoms with E-state index in [1.807, 2.05) is 0 Å². The van der Waals surface area contributed by atoms with Crippen LogP contribution < -0.4 is 5.32 Å². The first-order chi connectivity index (χ1) is 14.1. The number of aryl methyl sites for hydroxylation is 1. The molecule has 30 heavy (non-hydrogen) atoms. The summed E-state index contributed by atoms with van der Waals surface area (Å²) >= 11 is 3.25. The molecule has 0 bridgehead atoms. The smallest absolute Gasteiger partial charge is 0.435 e. The van der Waals surface area contributed by atoms with Crippen molar-refractivity contribution in [2.75, 3.05) is 19.5 Å². The Hall–Kier alpha value is -3.01. The van der Waals surface area contributed by atoms with Gasteiger partial charge in [0.2, 0.25) is 5.91 Å². The Labute approximate surface area is 179 Å². The standard InChI is InChI=1S/C20H19BrF3N3O3/c1-5-14(29-3)15(30-4)10-11-16(28)25-19-17(12-6-8-13(21)9-7-12)18(20(22,23)24)26-27(19)2/h5-11H,1H2,2-4H3,(H,25,28)/b11-10+,15-14-. The number of hydrogen-bond acceptors (Lipinski definition) is 4. The van der Waals surface area contributed by atoms with Gasteiger partial charge in [-0.15, -0.1) is 0 Å². The first kappa shape index (κ1) is 23.3. The number of allylic oxidation sites excluding steroid dienone is 2. The van der Waals surface area contributed by atoms with E-state index in [9.17, 15) is 18.0 Å². The summed E-state index contributed by atoms with van der Waals surface area (Å²) in [7, 11) is 4.10. The molecular weight excluding hydrogens is 467 g/mol. The first-order valence-corrected chi connectivity index (χ1v) is 9.25. The Morgan fingerprint density at radius 2 is 1.77 bits per heavy atom. The van der Waals surface area contributed by atoms with Crippen molar-refractivity contribution in [3.05, 3.63) is 70.8 Å². The van der Waals surface area contributed by atoms with E-state index in [4.69, 9.17) is 9.47 Å². The monoisotopic (exact) mass is 485 g/mol. The van der Waals surface area contributed by atoms with Crippen LogP contribution in [0.15, 0.2) is 65.1 Å². The van der Waals surface area contributed by atoms with Gasteiger partial charge in [0.1, 0.15) is 5.82 Å². The highest BCUT2D eigenvalue weighted by atomic mass is 79.9. The quantitative estimate of drug-likeness (QED) is 0.338. The van der Waals surface area contributed by atoms with E-state index >= 15 is 0 Å². The van der Waals surface area contributed by atoms with Crippen molar-refractivity contribution < 1.29 is 27.4 Å². The third-order valence-corrected chi connectivity index (χ3v) is 4.47. The molecule has 0 aliphatic carbocycles. The highest BCUT2D eigenvalue weighted by molar-refractivity contribution is 9.10. The summed E-state index contributed by atoms with van der Waals surface area (Å²) in [6.45, 7) is 3.57. The van der Waals surface area contributed by atoms with Crippen LogP contribution in [0.1, 0.15) is 5.69 Å². The van der Waals surface area contributed by atoms with Crippen molar-refractivity contribution in [2.45, 2.75) is 6.18 Å². The summed E-state index contributed by atoms with van der Waals surface area (Å²) in [5.41, 5.74) is -1.08. The molecule has 0 aliphatic heterocycles. The van der Waals surface area contributed by atoms with E-state index < -0.39 is 17.8 Å². The number of benzene rings is 1. The molecule has 1 aromatic carbocycles. The Kier molecular flexibility index (Phi) is 7.49. The third-order valence-electron chi connectivity index (χ3n) is 3.94. The number of aromatic nitrogens is 2. The van der Waals surface area contributed by atoms with E-state index in [2.05, 4.69) is 32.9 Å². The number of ether oxygens (including phenoxy) is 2. The second-order valence-electron chi connectivity index (χ2n) is 5.86. The van der Waals surface area contributed by atoms with Crippen LogP contribution >= 0.6 is 15.9 Å². The minimum absolute atomic E-state index is 0.0991. The van der Waals surface area contributed by atoms with E-state index in [0.717, 1.165) is 10.8 Å². The lowest BCUT2D eigenvalue weighted by Crippen LogP contribution is -2.12. The van der Waals surface area contributed by atoms with Gasteiger partial charge in [0.15, 0.2) is 17.2 Å². The fraction of sp³-hybridized carbons (Fsp3) is 0.200. The van der Waals surface area contributed by atoms with Crippen molar-refractivity contribution in [1.29, 1.82) is 0 Å². The van der Waals surface area contributed by atoms with E-state index in [0.29, 0.717) is 4.47 Å². The van der Waals surface area contributed by atoms with Gasteiger partial charge in [-0.1, -0.05) is 34.6 Å². The molecule has 0 spiro atoms. The zero-order valence-corrected chi connectivity index (χ0v) is 18.0. The molecule has 1 heterocycles. The van der Waals surface area contributed by atoms with Crippen molar-refractivity contribution in [2.24, 2.45) is 7.05 Å². The van der Waals surface area contributed by atoms with Gasteiger partial charge in [0.25, 0.3) is 0 Å². The summed E-state index contributed by atoms with van der Waals surface area (Å²) < 4.78 is 52.5.